The summed E-state index contributed by atoms with van der Waals surface area (Å²) in [6.45, 7) is 5.30. The summed E-state index contributed by atoms with van der Waals surface area (Å²) in [6.07, 6.45) is 3.77. The average Bonchev–Trinajstić information content (AvgIpc) is 3.01. The fourth-order valence-electron chi connectivity index (χ4n) is 4.56. The van der Waals surface area contributed by atoms with Crippen molar-refractivity contribution >= 4 is 35.5 Å². The van der Waals surface area contributed by atoms with Crippen molar-refractivity contribution in [3.05, 3.63) is 0 Å². The number of carbonyl (C=O) groups excluding carboxylic acids is 5. The third kappa shape index (κ3) is 18.5. The second-order valence-corrected chi connectivity index (χ2v) is 12.1. The minimum Gasteiger partial charge on any atom is -0.480 e. The molecule has 0 rings (SSSR count). The highest BCUT2D eigenvalue weighted by molar-refractivity contribution is 5.96. The second-order valence-electron chi connectivity index (χ2n) is 12.1. The molecule has 0 aromatic carbocycles. The molecular weight excluding hydrogens is 614 g/mol. The van der Waals surface area contributed by atoms with E-state index in [1.165, 1.54) is 6.92 Å². The van der Waals surface area contributed by atoms with Crippen molar-refractivity contribution in [1.82, 2.24) is 26.6 Å². The van der Waals surface area contributed by atoms with E-state index >= 15 is 0 Å². The lowest BCUT2D eigenvalue weighted by Crippen LogP contribution is -2.60. The van der Waals surface area contributed by atoms with E-state index < -0.39 is 78.4 Å². The van der Waals surface area contributed by atoms with Crippen molar-refractivity contribution in [2.75, 3.05) is 26.2 Å². The van der Waals surface area contributed by atoms with Gasteiger partial charge < -0.3 is 59.7 Å². The molecule has 0 saturated heterocycles. The molecule has 0 spiro atoms. The summed E-state index contributed by atoms with van der Waals surface area (Å²) in [7, 11) is 0. The minimum absolute atomic E-state index is 0.0318. The lowest BCUT2D eigenvalue weighted by atomic mass is 10.0. The van der Waals surface area contributed by atoms with Gasteiger partial charge in [-0.1, -0.05) is 13.8 Å². The summed E-state index contributed by atoms with van der Waals surface area (Å²) in [4.78, 5) is 76.9. The maximum Gasteiger partial charge on any atom is 0.326 e. The number of unbranched alkanes of at least 4 members (excludes halogenated alkanes) is 3. The molecule has 15 N–H and O–H groups in total. The van der Waals surface area contributed by atoms with Crippen LogP contribution in [0.4, 0.5) is 0 Å². The van der Waals surface area contributed by atoms with E-state index in [4.69, 9.17) is 22.9 Å². The first kappa shape index (κ1) is 43.6. The Labute approximate surface area is 277 Å². The molecule has 0 fully saturated rings. The van der Waals surface area contributed by atoms with Crippen molar-refractivity contribution in [2.24, 2.45) is 28.9 Å². The largest absolute Gasteiger partial charge is 0.480 e. The summed E-state index contributed by atoms with van der Waals surface area (Å²) in [6, 6.07) is -6.89. The molecule has 0 bridgehead atoms. The van der Waals surface area contributed by atoms with Crippen LogP contribution in [0.25, 0.3) is 0 Å². The SMILES string of the molecule is CC(C)C[C@H](NC(=O)[C@H](CCCCN)NC(=O)[C@H](CO)NC(=O)[C@H](CCCCN)NC(=O)[C@H](CCCCN)NC(=O)[C@H](C)N)C(=O)O. The van der Waals surface area contributed by atoms with Crippen LogP contribution >= 0.6 is 0 Å². The number of carboxylic acids is 1. The number of aliphatic hydroxyl groups is 1. The van der Waals surface area contributed by atoms with E-state index in [-0.39, 0.29) is 31.6 Å². The molecule has 0 unspecified atom stereocenters. The molecule has 17 heteroatoms. The minimum atomic E-state index is -1.51. The molecule has 5 amide bonds. The number of nitrogens with two attached hydrogens (primary N) is 4. The first-order valence-electron chi connectivity index (χ1n) is 16.4. The highest BCUT2D eigenvalue weighted by Crippen LogP contribution is 2.09. The van der Waals surface area contributed by atoms with Gasteiger partial charge in [-0.2, -0.15) is 0 Å². The number of nitrogens with one attached hydrogen (secondary N) is 5. The molecule has 6 atom stereocenters. The van der Waals surface area contributed by atoms with E-state index in [0.29, 0.717) is 58.2 Å². The first-order valence-corrected chi connectivity index (χ1v) is 16.4. The summed E-state index contributed by atoms with van der Waals surface area (Å²) >= 11 is 0. The van der Waals surface area contributed by atoms with Crippen LogP contribution in [0.5, 0.6) is 0 Å². The fourth-order valence-corrected chi connectivity index (χ4v) is 4.56. The van der Waals surface area contributed by atoms with Gasteiger partial charge in [-0.15, -0.1) is 0 Å². The smallest absolute Gasteiger partial charge is 0.326 e. The van der Waals surface area contributed by atoms with E-state index in [9.17, 15) is 39.0 Å². The number of hydrogen-bond donors (Lipinski definition) is 11. The highest BCUT2D eigenvalue weighted by atomic mass is 16.4. The maximum absolute atomic E-state index is 13.4. The zero-order valence-corrected chi connectivity index (χ0v) is 28.1. The molecule has 0 radical (unpaired) electrons. The quantitative estimate of drug-likeness (QED) is 0.0417. The topological polar surface area (TPSA) is 307 Å². The Morgan fingerprint density at radius 2 is 0.851 bits per heavy atom. The van der Waals surface area contributed by atoms with Crippen molar-refractivity contribution in [3.8, 4) is 0 Å². The molecule has 0 aromatic rings. The Balaban J connectivity index is 5.88. The zero-order chi connectivity index (χ0) is 35.9. The van der Waals surface area contributed by atoms with Gasteiger partial charge >= 0.3 is 5.97 Å². The Hall–Kier alpha value is -3.38. The number of rotatable bonds is 26. The summed E-state index contributed by atoms with van der Waals surface area (Å²) < 4.78 is 0. The summed E-state index contributed by atoms with van der Waals surface area (Å²) in [5, 5.41) is 32.2. The Morgan fingerprint density at radius 3 is 1.15 bits per heavy atom. The first-order chi connectivity index (χ1) is 22.2. The van der Waals surface area contributed by atoms with Gasteiger partial charge in [0.25, 0.3) is 0 Å². The van der Waals surface area contributed by atoms with Crippen LogP contribution in [0.3, 0.4) is 0 Å². The average molecular weight is 674 g/mol. The van der Waals surface area contributed by atoms with Gasteiger partial charge in [0.2, 0.25) is 29.5 Å². The van der Waals surface area contributed by atoms with Crippen molar-refractivity contribution in [3.63, 3.8) is 0 Å². The van der Waals surface area contributed by atoms with Gasteiger partial charge in [0.1, 0.15) is 30.2 Å². The van der Waals surface area contributed by atoms with E-state index in [2.05, 4.69) is 26.6 Å². The van der Waals surface area contributed by atoms with Crippen molar-refractivity contribution in [2.45, 2.75) is 121 Å². The highest BCUT2D eigenvalue weighted by Gasteiger charge is 2.32. The third-order valence-electron chi connectivity index (χ3n) is 7.29. The molecule has 47 heavy (non-hydrogen) atoms. The summed E-state index contributed by atoms with van der Waals surface area (Å²) in [5.41, 5.74) is 22.4. The number of hydrogen-bond acceptors (Lipinski definition) is 11. The van der Waals surface area contributed by atoms with E-state index in [0.717, 1.165) is 0 Å². The second kappa shape index (κ2) is 24.7. The Kier molecular flexibility index (Phi) is 23.0. The van der Waals surface area contributed by atoms with Gasteiger partial charge in [0.05, 0.1) is 12.6 Å². The number of aliphatic hydroxyl groups excluding tert-OH is 1. The zero-order valence-electron chi connectivity index (χ0n) is 28.1. The Bertz CT molecular complexity index is 983. The maximum atomic E-state index is 13.4. The van der Waals surface area contributed by atoms with Crippen LogP contribution in [0, 0.1) is 5.92 Å². The van der Waals surface area contributed by atoms with Crippen molar-refractivity contribution in [1.29, 1.82) is 0 Å². The fraction of sp³-hybridized carbons (Fsp3) is 0.800. The molecular formula is C30H59N9O8. The number of carbonyl (C=O) groups is 6. The summed E-state index contributed by atoms with van der Waals surface area (Å²) in [5.74, 6) is -4.84. The van der Waals surface area contributed by atoms with Gasteiger partial charge in [-0.05, 0) is 96.7 Å². The van der Waals surface area contributed by atoms with E-state index in [1.807, 2.05) is 13.8 Å². The van der Waals surface area contributed by atoms with Crippen LogP contribution in [0.15, 0.2) is 0 Å². The van der Waals surface area contributed by atoms with Crippen molar-refractivity contribution < 1.29 is 39.0 Å². The molecule has 0 aromatic heterocycles. The molecule has 0 heterocycles. The lowest BCUT2D eigenvalue weighted by molar-refractivity contribution is -0.143. The molecule has 0 aliphatic carbocycles. The van der Waals surface area contributed by atoms with E-state index in [1.54, 1.807) is 0 Å². The predicted octanol–water partition coefficient (Wildman–Crippen LogP) is -2.73. The molecule has 272 valence electrons. The monoisotopic (exact) mass is 673 g/mol. The van der Waals surface area contributed by atoms with Crippen LogP contribution in [0.2, 0.25) is 0 Å². The van der Waals surface area contributed by atoms with Gasteiger partial charge in [-0.3, -0.25) is 24.0 Å². The van der Waals surface area contributed by atoms with Crippen LogP contribution in [-0.4, -0.2) is 108 Å². The number of carboxylic acid groups (broad SMARTS) is 1. The van der Waals surface area contributed by atoms with Crippen LogP contribution in [0.1, 0.15) is 85.0 Å². The van der Waals surface area contributed by atoms with Crippen LogP contribution in [-0.2, 0) is 28.8 Å². The molecule has 0 saturated carbocycles. The van der Waals surface area contributed by atoms with Gasteiger partial charge in [0.15, 0.2) is 0 Å². The normalized spacial score (nSPS) is 15.0. The lowest BCUT2D eigenvalue weighted by Gasteiger charge is -2.26. The van der Waals surface area contributed by atoms with Crippen LogP contribution < -0.4 is 49.5 Å². The predicted molar refractivity (Wildman–Crippen MR) is 176 cm³/mol. The third-order valence-corrected chi connectivity index (χ3v) is 7.29. The molecule has 17 nitrogen and oxygen atoms in total. The Morgan fingerprint density at radius 1 is 0.532 bits per heavy atom. The number of amides is 5. The molecule has 0 aliphatic heterocycles. The number of aliphatic carboxylic acids is 1. The molecule has 0 aliphatic rings. The van der Waals surface area contributed by atoms with Gasteiger partial charge in [0, 0.05) is 0 Å². The standard InChI is InChI=1S/C30H59N9O8/c1-18(2)16-23(30(46)47)38-27(43)21(11-5-8-14-32)37-29(45)24(17-40)39-28(44)22(12-6-9-15-33)36-26(42)20(10-4-7-13-31)35-25(41)19(3)34/h18-24,40H,4-17,31-34H2,1-3H3,(H,35,41)(H,36,42)(H,37,45)(H,38,43)(H,39,44)(H,46,47)/t19-,20-,21-,22-,23-,24-/m0/s1. The van der Waals surface area contributed by atoms with Gasteiger partial charge in [-0.25, -0.2) is 4.79 Å².